The number of anilines is 2. The predicted octanol–water partition coefficient (Wildman–Crippen LogP) is 2.49. The summed E-state index contributed by atoms with van der Waals surface area (Å²) in [6, 6.07) is 3.27. The number of nitrogen functional groups attached to an aromatic ring is 1. The van der Waals surface area contributed by atoms with Gasteiger partial charge in [0.05, 0.1) is 11.4 Å². The Hall–Kier alpha value is -1.29. The highest BCUT2D eigenvalue weighted by Gasteiger charge is 2.19. The predicted molar refractivity (Wildman–Crippen MR) is 79.0 cm³/mol. The number of likely N-dealkylation sites (tertiary alicyclic amines) is 1. The summed E-state index contributed by atoms with van der Waals surface area (Å²) in [6.07, 6.45) is 2.45. The minimum Gasteiger partial charge on any atom is -0.397 e. The molecule has 19 heavy (non-hydrogen) atoms. The van der Waals surface area contributed by atoms with Crippen molar-refractivity contribution in [3.8, 4) is 0 Å². The van der Waals surface area contributed by atoms with Crippen molar-refractivity contribution in [2.24, 2.45) is 5.92 Å². The van der Waals surface area contributed by atoms with Crippen LogP contribution in [0.5, 0.6) is 0 Å². The number of hydrogen-bond donors (Lipinski definition) is 1. The minimum absolute atomic E-state index is 0.228. The van der Waals surface area contributed by atoms with E-state index in [1.807, 2.05) is 13.1 Å². The van der Waals surface area contributed by atoms with Crippen LogP contribution in [0.1, 0.15) is 18.4 Å². The van der Waals surface area contributed by atoms with E-state index in [0.717, 1.165) is 25.3 Å². The molecule has 1 fully saturated rings. The molecule has 0 radical (unpaired) electrons. The van der Waals surface area contributed by atoms with E-state index in [1.165, 1.54) is 18.9 Å². The van der Waals surface area contributed by atoms with E-state index in [-0.39, 0.29) is 5.82 Å². The zero-order valence-corrected chi connectivity index (χ0v) is 12.1. The van der Waals surface area contributed by atoms with Gasteiger partial charge in [0.15, 0.2) is 0 Å². The molecule has 2 N–H and O–H groups in total. The summed E-state index contributed by atoms with van der Waals surface area (Å²) in [4.78, 5) is 4.53. The lowest BCUT2D eigenvalue weighted by Crippen LogP contribution is -2.35. The third kappa shape index (κ3) is 3.38. The highest BCUT2D eigenvalue weighted by atomic mass is 19.1. The number of hydrogen-bond acceptors (Lipinski definition) is 3. The smallest absolute Gasteiger partial charge is 0.128 e. The van der Waals surface area contributed by atoms with Gasteiger partial charge in [0.25, 0.3) is 0 Å². The van der Waals surface area contributed by atoms with Crippen molar-refractivity contribution in [3.63, 3.8) is 0 Å². The summed E-state index contributed by atoms with van der Waals surface area (Å²) in [7, 11) is 4.21. The summed E-state index contributed by atoms with van der Waals surface area (Å²) >= 11 is 0. The SMILES string of the molecule is Cc1cc(N(C)CC2CCN(C)CC2)c(N)cc1F. The van der Waals surface area contributed by atoms with Crippen LogP contribution in [0.15, 0.2) is 12.1 Å². The van der Waals surface area contributed by atoms with Crippen molar-refractivity contribution in [3.05, 3.63) is 23.5 Å². The van der Waals surface area contributed by atoms with Gasteiger partial charge in [-0.25, -0.2) is 4.39 Å². The van der Waals surface area contributed by atoms with Crippen LogP contribution in [-0.2, 0) is 0 Å². The molecule has 3 nitrogen and oxygen atoms in total. The van der Waals surface area contributed by atoms with Crippen molar-refractivity contribution >= 4 is 11.4 Å². The fraction of sp³-hybridized carbons (Fsp3) is 0.600. The van der Waals surface area contributed by atoms with Crippen LogP contribution < -0.4 is 10.6 Å². The number of nitrogens with zero attached hydrogens (tertiary/aromatic N) is 2. The highest BCUT2D eigenvalue weighted by molar-refractivity contribution is 5.68. The molecule has 1 heterocycles. The van der Waals surface area contributed by atoms with Gasteiger partial charge in [-0.05, 0) is 63.5 Å². The summed E-state index contributed by atoms with van der Waals surface area (Å²) in [5.41, 5.74) is 8.05. The first-order chi connectivity index (χ1) is 8.97. The summed E-state index contributed by atoms with van der Waals surface area (Å²) < 4.78 is 13.4. The van der Waals surface area contributed by atoms with Gasteiger partial charge in [0.2, 0.25) is 0 Å². The number of rotatable bonds is 3. The molecule has 0 saturated carbocycles. The molecular formula is C15H24FN3. The molecule has 1 saturated heterocycles. The first-order valence-electron chi connectivity index (χ1n) is 6.92. The molecule has 4 heteroatoms. The lowest BCUT2D eigenvalue weighted by molar-refractivity contribution is 0.222. The third-order valence-electron chi connectivity index (χ3n) is 4.09. The molecule has 1 aliphatic heterocycles. The van der Waals surface area contributed by atoms with Crippen molar-refractivity contribution in [2.45, 2.75) is 19.8 Å². The van der Waals surface area contributed by atoms with Crippen LogP contribution in [0.2, 0.25) is 0 Å². The summed E-state index contributed by atoms with van der Waals surface area (Å²) in [6.45, 7) is 5.09. The molecule has 1 aliphatic rings. The summed E-state index contributed by atoms with van der Waals surface area (Å²) in [5, 5.41) is 0. The molecule has 0 bridgehead atoms. The van der Waals surface area contributed by atoms with Crippen molar-refractivity contribution in [1.29, 1.82) is 0 Å². The van der Waals surface area contributed by atoms with E-state index in [0.29, 0.717) is 17.2 Å². The van der Waals surface area contributed by atoms with E-state index < -0.39 is 0 Å². The Morgan fingerprint density at radius 2 is 2.00 bits per heavy atom. The first kappa shape index (κ1) is 14.1. The fourth-order valence-electron chi connectivity index (χ4n) is 2.74. The second-order valence-electron chi connectivity index (χ2n) is 5.79. The fourth-order valence-corrected chi connectivity index (χ4v) is 2.74. The van der Waals surface area contributed by atoms with Gasteiger partial charge in [0, 0.05) is 13.6 Å². The van der Waals surface area contributed by atoms with Gasteiger partial charge in [-0.3, -0.25) is 0 Å². The number of piperidine rings is 1. The normalized spacial score (nSPS) is 17.7. The van der Waals surface area contributed by atoms with Crippen LogP contribution in [0, 0.1) is 18.7 Å². The van der Waals surface area contributed by atoms with Crippen molar-refractivity contribution in [2.75, 3.05) is 44.4 Å². The summed E-state index contributed by atoms with van der Waals surface area (Å²) in [5.74, 6) is 0.472. The molecule has 0 aliphatic carbocycles. The Balaban J connectivity index is 2.03. The van der Waals surface area contributed by atoms with Gasteiger partial charge in [0.1, 0.15) is 5.82 Å². The lowest BCUT2D eigenvalue weighted by atomic mass is 9.96. The number of nitrogens with two attached hydrogens (primary N) is 1. The molecule has 0 amide bonds. The largest absolute Gasteiger partial charge is 0.397 e. The van der Waals surface area contributed by atoms with E-state index in [9.17, 15) is 4.39 Å². The quantitative estimate of drug-likeness (QED) is 0.852. The van der Waals surface area contributed by atoms with Gasteiger partial charge >= 0.3 is 0 Å². The molecular weight excluding hydrogens is 241 g/mol. The van der Waals surface area contributed by atoms with E-state index in [2.05, 4.69) is 16.8 Å². The van der Waals surface area contributed by atoms with Gasteiger partial charge < -0.3 is 15.5 Å². The van der Waals surface area contributed by atoms with E-state index in [4.69, 9.17) is 5.73 Å². The first-order valence-corrected chi connectivity index (χ1v) is 6.92. The highest BCUT2D eigenvalue weighted by Crippen LogP contribution is 2.27. The number of benzene rings is 1. The van der Waals surface area contributed by atoms with Crippen LogP contribution in [0.25, 0.3) is 0 Å². The zero-order chi connectivity index (χ0) is 14.0. The standard InChI is InChI=1S/C15H24FN3/c1-11-8-15(14(17)9-13(11)16)19(3)10-12-4-6-18(2)7-5-12/h8-9,12H,4-7,10,17H2,1-3H3. The lowest BCUT2D eigenvalue weighted by Gasteiger charge is -2.33. The van der Waals surface area contributed by atoms with Gasteiger partial charge in [-0.2, -0.15) is 0 Å². The number of halogens is 1. The average molecular weight is 265 g/mol. The molecule has 0 spiro atoms. The molecule has 0 aromatic heterocycles. The van der Waals surface area contributed by atoms with E-state index in [1.54, 1.807) is 6.92 Å². The molecule has 106 valence electrons. The van der Waals surface area contributed by atoms with Crippen LogP contribution >= 0.6 is 0 Å². The second-order valence-corrected chi connectivity index (χ2v) is 5.79. The maximum Gasteiger partial charge on any atom is 0.128 e. The Labute approximate surface area is 115 Å². The molecule has 2 rings (SSSR count). The van der Waals surface area contributed by atoms with Crippen molar-refractivity contribution < 1.29 is 4.39 Å². The Bertz CT molecular complexity index is 439. The molecule has 0 atom stereocenters. The zero-order valence-electron chi connectivity index (χ0n) is 12.1. The minimum atomic E-state index is -0.228. The van der Waals surface area contributed by atoms with Crippen molar-refractivity contribution in [1.82, 2.24) is 4.90 Å². The number of aryl methyl sites for hydroxylation is 1. The maximum absolute atomic E-state index is 13.4. The van der Waals surface area contributed by atoms with Crippen LogP contribution in [0.4, 0.5) is 15.8 Å². The molecule has 1 aromatic rings. The Morgan fingerprint density at radius 3 is 2.63 bits per heavy atom. The maximum atomic E-state index is 13.4. The Kier molecular flexibility index (Phi) is 4.30. The second kappa shape index (κ2) is 5.78. The average Bonchev–Trinajstić information content (AvgIpc) is 2.36. The molecule has 1 aromatic carbocycles. The monoisotopic (exact) mass is 265 g/mol. The van der Waals surface area contributed by atoms with Crippen LogP contribution in [0.3, 0.4) is 0 Å². The Morgan fingerprint density at radius 1 is 1.37 bits per heavy atom. The van der Waals surface area contributed by atoms with E-state index >= 15 is 0 Å². The van der Waals surface area contributed by atoms with Gasteiger partial charge in [-0.1, -0.05) is 0 Å². The van der Waals surface area contributed by atoms with Crippen LogP contribution in [-0.4, -0.2) is 38.6 Å². The van der Waals surface area contributed by atoms with Gasteiger partial charge in [-0.15, -0.1) is 0 Å². The molecule has 0 unspecified atom stereocenters. The topological polar surface area (TPSA) is 32.5 Å². The third-order valence-corrected chi connectivity index (χ3v) is 4.09.